The van der Waals surface area contributed by atoms with E-state index in [9.17, 15) is 4.79 Å². The minimum atomic E-state index is 0.0579. The Hall–Kier alpha value is -2.40. The third kappa shape index (κ3) is 3.49. The summed E-state index contributed by atoms with van der Waals surface area (Å²) in [7, 11) is 1.94. The Morgan fingerprint density at radius 2 is 1.90 bits per heavy atom. The smallest absolute Gasteiger partial charge is 0.266 e. The van der Waals surface area contributed by atoms with Gasteiger partial charge in [0.25, 0.3) is 5.91 Å². The van der Waals surface area contributed by atoms with Crippen LogP contribution in [0, 0.1) is 0 Å². The van der Waals surface area contributed by atoms with Gasteiger partial charge in [0.05, 0.1) is 5.69 Å². The number of fused-ring (bicyclic) bond motifs is 2. The molecule has 3 aromatic rings. The molecule has 1 saturated carbocycles. The highest BCUT2D eigenvalue weighted by Gasteiger charge is 2.28. The number of aryl methyl sites for hydroxylation is 1. The summed E-state index contributed by atoms with van der Waals surface area (Å²) in [6.45, 7) is 0. The number of carbonyl (C=O) groups excluding carboxylic acids is 1. The molecule has 2 heterocycles. The third-order valence-corrected chi connectivity index (χ3v) is 8.10. The fourth-order valence-corrected chi connectivity index (χ4v) is 6.23. The van der Waals surface area contributed by atoms with Gasteiger partial charge in [-0.1, -0.05) is 49.6 Å². The Kier molecular flexibility index (Phi) is 5.23. The molecule has 2 aliphatic rings. The van der Waals surface area contributed by atoms with Crippen LogP contribution in [0.1, 0.15) is 70.9 Å². The van der Waals surface area contributed by atoms with Crippen LogP contribution in [0.15, 0.2) is 36.4 Å². The first-order valence-electron chi connectivity index (χ1n) is 11.1. The van der Waals surface area contributed by atoms with Crippen molar-refractivity contribution in [2.75, 3.05) is 12.8 Å². The van der Waals surface area contributed by atoms with Gasteiger partial charge in [0.1, 0.15) is 9.71 Å². The lowest BCUT2D eigenvalue weighted by molar-refractivity contribution is 0.0702. The van der Waals surface area contributed by atoms with E-state index in [1.54, 1.807) is 0 Å². The number of nitrogens with two attached hydrogens (primary N) is 1. The molecular weight excluding hydrogens is 390 g/mol. The minimum absolute atomic E-state index is 0.0579. The molecule has 0 spiro atoms. The van der Waals surface area contributed by atoms with E-state index in [-0.39, 0.29) is 5.91 Å². The number of nitrogens with zero attached hydrogens (tertiary/aromatic N) is 2. The summed E-state index contributed by atoms with van der Waals surface area (Å²) in [5.41, 5.74) is 11.0. The molecule has 2 aromatic heterocycles. The Labute approximate surface area is 182 Å². The van der Waals surface area contributed by atoms with Crippen molar-refractivity contribution in [3.63, 3.8) is 0 Å². The predicted molar refractivity (Wildman–Crippen MR) is 124 cm³/mol. The number of amides is 1. The highest BCUT2D eigenvalue weighted by Crippen LogP contribution is 2.39. The van der Waals surface area contributed by atoms with Crippen LogP contribution in [0.3, 0.4) is 0 Å². The fourth-order valence-electron chi connectivity index (χ4n) is 5.15. The molecule has 0 radical (unpaired) electrons. The van der Waals surface area contributed by atoms with Gasteiger partial charge in [-0.05, 0) is 55.2 Å². The second-order valence-electron chi connectivity index (χ2n) is 8.85. The van der Waals surface area contributed by atoms with Gasteiger partial charge in [-0.25, -0.2) is 4.98 Å². The van der Waals surface area contributed by atoms with E-state index >= 15 is 0 Å². The maximum absolute atomic E-state index is 13.2. The molecule has 156 valence electrons. The summed E-state index contributed by atoms with van der Waals surface area (Å²) in [6.07, 6.45) is 8.98. The second-order valence-corrected chi connectivity index (χ2v) is 9.85. The maximum atomic E-state index is 13.2. The Bertz CT molecular complexity index is 1070. The number of thiophene rings is 1. The van der Waals surface area contributed by atoms with E-state index in [0.717, 1.165) is 42.3 Å². The van der Waals surface area contributed by atoms with Crippen LogP contribution in [0.2, 0.25) is 0 Å². The molecule has 0 bridgehead atoms. The summed E-state index contributed by atoms with van der Waals surface area (Å²) < 4.78 is 0. The summed E-state index contributed by atoms with van der Waals surface area (Å²) in [5, 5.41) is 0.952. The molecule has 30 heavy (non-hydrogen) atoms. The Balaban J connectivity index is 1.44. The van der Waals surface area contributed by atoms with Crippen molar-refractivity contribution in [1.29, 1.82) is 0 Å². The lowest BCUT2D eigenvalue weighted by atomic mass is 9.82. The first-order chi connectivity index (χ1) is 14.6. The van der Waals surface area contributed by atoms with E-state index in [4.69, 9.17) is 10.7 Å². The van der Waals surface area contributed by atoms with E-state index in [2.05, 4.69) is 36.4 Å². The standard InChI is InChI=1S/C25H29N3OS/c1-28(19-10-6-3-7-11-19)25(29)23-22(26)20-15-18-14-17(16-8-4-2-5-9-16)12-13-21(18)27-24(20)30-23/h2,4-5,8-9,15,17,19H,3,6-7,10-14,26H2,1H3. The number of carbonyl (C=O) groups is 1. The van der Waals surface area contributed by atoms with Gasteiger partial charge < -0.3 is 10.6 Å². The molecule has 1 unspecified atom stereocenters. The van der Waals surface area contributed by atoms with Gasteiger partial charge in [-0.3, -0.25) is 4.79 Å². The van der Waals surface area contributed by atoms with Crippen molar-refractivity contribution in [3.05, 3.63) is 58.1 Å². The predicted octanol–water partition coefficient (Wildman–Crippen LogP) is 5.56. The van der Waals surface area contributed by atoms with E-state index < -0.39 is 0 Å². The minimum Gasteiger partial charge on any atom is -0.397 e. The first kappa shape index (κ1) is 19.6. The third-order valence-electron chi connectivity index (χ3n) is 6.99. The maximum Gasteiger partial charge on any atom is 0.266 e. The zero-order valence-corrected chi connectivity index (χ0v) is 18.4. The SMILES string of the molecule is CN(C(=O)c1sc2nc3c(cc2c1N)CC(c1ccccc1)CC3)C1CCCCC1. The number of rotatable bonds is 3. The highest BCUT2D eigenvalue weighted by molar-refractivity contribution is 7.21. The highest BCUT2D eigenvalue weighted by atomic mass is 32.1. The van der Waals surface area contributed by atoms with Crippen LogP contribution >= 0.6 is 11.3 Å². The van der Waals surface area contributed by atoms with Gasteiger partial charge in [0.2, 0.25) is 0 Å². The number of hydrogen-bond donors (Lipinski definition) is 1. The average molecular weight is 420 g/mol. The number of nitrogen functional groups attached to an aromatic ring is 1. The first-order valence-corrected chi connectivity index (χ1v) is 12.0. The van der Waals surface area contributed by atoms with E-state index in [0.29, 0.717) is 22.5 Å². The summed E-state index contributed by atoms with van der Waals surface area (Å²) in [4.78, 5) is 21.7. The monoisotopic (exact) mass is 419 g/mol. The number of aromatic nitrogens is 1. The topological polar surface area (TPSA) is 59.2 Å². The summed E-state index contributed by atoms with van der Waals surface area (Å²) in [5.74, 6) is 0.582. The number of hydrogen-bond acceptors (Lipinski definition) is 4. The van der Waals surface area contributed by atoms with E-state index in [1.165, 1.54) is 47.4 Å². The van der Waals surface area contributed by atoms with Crippen molar-refractivity contribution in [2.45, 2.75) is 63.3 Å². The van der Waals surface area contributed by atoms with Crippen LogP contribution in [-0.4, -0.2) is 28.9 Å². The van der Waals surface area contributed by atoms with Crippen LogP contribution < -0.4 is 5.73 Å². The zero-order chi connectivity index (χ0) is 20.7. The summed E-state index contributed by atoms with van der Waals surface area (Å²) in [6, 6.07) is 13.3. The number of benzene rings is 1. The molecule has 0 saturated heterocycles. The van der Waals surface area contributed by atoms with E-state index in [1.807, 2.05) is 11.9 Å². The number of pyridine rings is 1. The van der Waals surface area contributed by atoms with Crippen molar-refractivity contribution in [2.24, 2.45) is 0 Å². The van der Waals surface area contributed by atoms with Gasteiger partial charge in [-0.2, -0.15) is 0 Å². The van der Waals surface area contributed by atoms with Crippen molar-refractivity contribution < 1.29 is 4.79 Å². The molecule has 2 N–H and O–H groups in total. The van der Waals surface area contributed by atoms with Crippen molar-refractivity contribution in [1.82, 2.24) is 9.88 Å². The molecule has 2 aliphatic carbocycles. The molecule has 5 heteroatoms. The Morgan fingerprint density at radius 3 is 2.67 bits per heavy atom. The number of anilines is 1. The lowest BCUT2D eigenvalue weighted by Crippen LogP contribution is -2.38. The summed E-state index contributed by atoms with van der Waals surface area (Å²) >= 11 is 1.47. The molecule has 0 aliphatic heterocycles. The molecule has 1 aromatic carbocycles. The van der Waals surface area contributed by atoms with Crippen molar-refractivity contribution in [3.8, 4) is 0 Å². The van der Waals surface area contributed by atoms with Gasteiger partial charge >= 0.3 is 0 Å². The van der Waals surface area contributed by atoms with Crippen LogP contribution in [0.5, 0.6) is 0 Å². The van der Waals surface area contributed by atoms with Crippen LogP contribution in [0.4, 0.5) is 5.69 Å². The van der Waals surface area contributed by atoms with Crippen LogP contribution in [0.25, 0.3) is 10.2 Å². The molecule has 1 amide bonds. The van der Waals surface area contributed by atoms with Crippen molar-refractivity contribution >= 4 is 33.1 Å². The largest absolute Gasteiger partial charge is 0.397 e. The quantitative estimate of drug-likeness (QED) is 0.605. The molecule has 1 atom stereocenters. The fraction of sp³-hybridized carbons (Fsp3) is 0.440. The normalized spacial score (nSPS) is 19.6. The Morgan fingerprint density at radius 1 is 1.13 bits per heavy atom. The molecule has 5 rings (SSSR count). The second kappa shape index (κ2) is 8.03. The van der Waals surface area contributed by atoms with Gasteiger partial charge in [-0.15, -0.1) is 11.3 Å². The van der Waals surface area contributed by atoms with Crippen LogP contribution in [-0.2, 0) is 12.8 Å². The van der Waals surface area contributed by atoms with Gasteiger partial charge in [0.15, 0.2) is 0 Å². The zero-order valence-electron chi connectivity index (χ0n) is 17.6. The molecular formula is C25H29N3OS. The lowest BCUT2D eigenvalue weighted by Gasteiger charge is -2.31. The molecule has 1 fully saturated rings. The molecule has 4 nitrogen and oxygen atoms in total. The van der Waals surface area contributed by atoms with Gasteiger partial charge in [0, 0.05) is 24.2 Å². The average Bonchev–Trinajstić information content (AvgIpc) is 3.12.